The summed E-state index contributed by atoms with van der Waals surface area (Å²) in [5, 5.41) is 11.7. The highest BCUT2D eigenvalue weighted by molar-refractivity contribution is 5.80. The van der Waals surface area contributed by atoms with E-state index in [4.69, 9.17) is 10.9 Å². The molecule has 20 heavy (non-hydrogen) atoms. The lowest BCUT2D eigenvalue weighted by Gasteiger charge is -2.26. The summed E-state index contributed by atoms with van der Waals surface area (Å²) in [7, 11) is 0. The third kappa shape index (κ3) is 3.26. The fraction of sp³-hybridized carbons (Fsp3) is 0.200. The normalized spacial score (nSPS) is 11.3. The highest BCUT2D eigenvalue weighted by Crippen LogP contribution is 2.27. The first kappa shape index (κ1) is 13.9. The van der Waals surface area contributed by atoms with Crippen molar-refractivity contribution in [1.82, 2.24) is 4.98 Å². The maximum atomic E-state index is 8.68. The molecule has 1 aromatic carbocycles. The van der Waals surface area contributed by atoms with Gasteiger partial charge in [0.1, 0.15) is 5.84 Å². The van der Waals surface area contributed by atoms with Crippen molar-refractivity contribution in [3.05, 3.63) is 54.4 Å². The van der Waals surface area contributed by atoms with Crippen molar-refractivity contribution < 1.29 is 5.21 Å². The first-order valence-electron chi connectivity index (χ1n) is 6.42. The molecule has 0 atom stereocenters. The molecule has 0 aliphatic carbocycles. The maximum absolute atomic E-state index is 8.68. The fourth-order valence-corrected chi connectivity index (χ4v) is 2.04. The summed E-state index contributed by atoms with van der Waals surface area (Å²) >= 11 is 0. The molecule has 0 radical (unpaired) electrons. The zero-order valence-corrected chi connectivity index (χ0v) is 11.4. The number of anilines is 2. The molecular weight excluding hydrogens is 252 g/mol. The number of hydrogen-bond donors (Lipinski definition) is 2. The van der Waals surface area contributed by atoms with Crippen molar-refractivity contribution in [2.45, 2.75) is 13.3 Å². The van der Waals surface area contributed by atoms with Crippen LogP contribution in [0.2, 0.25) is 0 Å². The molecule has 2 aromatic rings. The van der Waals surface area contributed by atoms with Crippen LogP contribution in [0.1, 0.15) is 12.0 Å². The second-order valence-corrected chi connectivity index (χ2v) is 4.49. The Balaban J connectivity index is 2.32. The van der Waals surface area contributed by atoms with Crippen molar-refractivity contribution in [1.29, 1.82) is 0 Å². The monoisotopic (exact) mass is 270 g/mol. The van der Waals surface area contributed by atoms with E-state index < -0.39 is 0 Å². The molecule has 5 heteroatoms. The molecule has 0 amide bonds. The molecule has 0 unspecified atom stereocenters. The lowest BCUT2D eigenvalue weighted by molar-refractivity contribution is 0.317. The highest BCUT2D eigenvalue weighted by Gasteiger charge is 2.12. The average Bonchev–Trinajstić information content (AvgIpc) is 2.50. The SMILES string of the molecule is Cc1cnccc1N(CCC(N)=NO)c1ccccc1. The number of nitrogens with two attached hydrogens (primary N) is 1. The van der Waals surface area contributed by atoms with Gasteiger partial charge in [-0.3, -0.25) is 4.98 Å². The molecule has 2 rings (SSSR count). The van der Waals surface area contributed by atoms with E-state index in [0.717, 1.165) is 16.9 Å². The van der Waals surface area contributed by atoms with Crippen molar-refractivity contribution in [2.75, 3.05) is 11.4 Å². The number of nitrogens with zero attached hydrogens (tertiary/aromatic N) is 3. The Morgan fingerprint density at radius 2 is 2.05 bits per heavy atom. The van der Waals surface area contributed by atoms with Crippen LogP contribution in [0.3, 0.4) is 0 Å². The van der Waals surface area contributed by atoms with Gasteiger partial charge >= 0.3 is 0 Å². The molecule has 0 aliphatic heterocycles. The van der Waals surface area contributed by atoms with Gasteiger partial charge in [-0.1, -0.05) is 23.4 Å². The van der Waals surface area contributed by atoms with Gasteiger partial charge in [-0.25, -0.2) is 0 Å². The Labute approximate surface area is 118 Å². The van der Waals surface area contributed by atoms with E-state index >= 15 is 0 Å². The molecule has 1 aromatic heterocycles. The van der Waals surface area contributed by atoms with Gasteiger partial charge in [-0.05, 0) is 30.7 Å². The number of para-hydroxylation sites is 1. The largest absolute Gasteiger partial charge is 0.409 e. The molecule has 1 heterocycles. The number of aromatic nitrogens is 1. The Hall–Kier alpha value is -2.56. The van der Waals surface area contributed by atoms with E-state index in [2.05, 4.69) is 15.0 Å². The Kier molecular flexibility index (Phi) is 4.55. The van der Waals surface area contributed by atoms with E-state index in [9.17, 15) is 0 Å². The quantitative estimate of drug-likeness (QED) is 0.379. The number of oxime groups is 1. The topological polar surface area (TPSA) is 74.7 Å². The molecule has 0 saturated carbocycles. The fourth-order valence-electron chi connectivity index (χ4n) is 2.04. The summed E-state index contributed by atoms with van der Waals surface area (Å²) in [5.41, 5.74) is 8.79. The van der Waals surface area contributed by atoms with Gasteiger partial charge in [-0.2, -0.15) is 0 Å². The van der Waals surface area contributed by atoms with Crippen molar-refractivity contribution in [2.24, 2.45) is 10.9 Å². The van der Waals surface area contributed by atoms with Gasteiger partial charge in [0.25, 0.3) is 0 Å². The Bertz CT molecular complexity index is 583. The Morgan fingerprint density at radius 3 is 2.70 bits per heavy atom. The lowest BCUT2D eigenvalue weighted by Crippen LogP contribution is -2.24. The van der Waals surface area contributed by atoms with Crippen LogP contribution in [0.25, 0.3) is 0 Å². The second kappa shape index (κ2) is 6.56. The van der Waals surface area contributed by atoms with Crippen LogP contribution in [-0.2, 0) is 0 Å². The molecule has 104 valence electrons. The van der Waals surface area contributed by atoms with E-state index in [1.807, 2.05) is 49.5 Å². The lowest BCUT2D eigenvalue weighted by atomic mass is 10.2. The number of pyridine rings is 1. The summed E-state index contributed by atoms with van der Waals surface area (Å²) < 4.78 is 0. The van der Waals surface area contributed by atoms with Crippen LogP contribution < -0.4 is 10.6 Å². The minimum Gasteiger partial charge on any atom is -0.409 e. The summed E-state index contributed by atoms with van der Waals surface area (Å²) in [6.45, 7) is 2.65. The molecule has 0 bridgehead atoms. The first-order valence-corrected chi connectivity index (χ1v) is 6.42. The van der Waals surface area contributed by atoms with Crippen LogP contribution in [0.5, 0.6) is 0 Å². The van der Waals surface area contributed by atoms with Gasteiger partial charge in [-0.15, -0.1) is 0 Å². The zero-order valence-electron chi connectivity index (χ0n) is 11.4. The Morgan fingerprint density at radius 1 is 1.30 bits per heavy atom. The number of benzene rings is 1. The average molecular weight is 270 g/mol. The van der Waals surface area contributed by atoms with Gasteiger partial charge < -0.3 is 15.8 Å². The van der Waals surface area contributed by atoms with Gasteiger partial charge in [0.15, 0.2) is 0 Å². The minimum absolute atomic E-state index is 0.220. The molecule has 0 saturated heterocycles. The molecular formula is C15H18N4O. The number of rotatable bonds is 5. The molecule has 0 fully saturated rings. The molecule has 0 spiro atoms. The molecule has 3 N–H and O–H groups in total. The van der Waals surface area contributed by atoms with E-state index in [-0.39, 0.29) is 5.84 Å². The van der Waals surface area contributed by atoms with Gasteiger partial charge in [0, 0.05) is 36.7 Å². The van der Waals surface area contributed by atoms with Crippen molar-refractivity contribution in [3.63, 3.8) is 0 Å². The zero-order chi connectivity index (χ0) is 14.4. The first-order chi connectivity index (χ1) is 9.72. The van der Waals surface area contributed by atoms with E-state index in [1.165, 1.54) is 0 Å². The standard InChI is InChI=1S/C15H18N4O/c1-12-11-17-9-7-14(12)19(10-8-15(16)18-20)13-5-3-2-4-6-13/h2-7,9,11,20H,8,10H2,1H3,(H2,16,18). The van der Waals surface area contributed by atoms with Gasteiger partial charge in [0.05, 0.1) is 0 Å². The number of amidine groups is 1. The number of hydrogen-bond acceptors (Lipinski definition) is 4. The third-order valence-corrected chi connectivity index (χ3v) is 3.07. The molecule has 5 nitrogen and oxygen atoms in total. The van der Waals surface area contributed by atoms with Crippen LogP contribution in [0.4, 0.5) is 11.4 Å². The van der Waals surface area contributed by atoms with Crippen LogP contribution in [-0.4, -0.2) is 22.6 Å². The highest BCUT2D eigenvalue weighted by atomic mass is 16.4. The van der Waals surface area contributed by atoms with Crippen LogP contribution in [0, 0.1) is 6.92 Å². The van der Waals surface area contributed by atoms with E-state index in [0.29, 0.717) is 13.0 Å². The van der Waals surface area contributed by atoms with Crippen molar-refractivity contribution >= 4 is 17.2 Å². The second-order valence-electron chi connectivity index (χ2n) is 4.49. The van der Waals surface area contributed by atoms with Gasteiger partial charge in [0.2, 0.25) is 0 Å². The summed E-state index contributed by atoms with van der Waals surface area (Å²) in [6, 6.07) is 12.0. The smallest absolute Gasteiger partial charge is 0.140 e. The predicted octanol–water partition coefficient (Wildman–Crippen LogP) is 2.66. The molecule has 0 aliphatic rings. The van der Waals surface area contributed by atoms with Crippen molar-refractivity contribution in [3.8, 4) is 0 Å². The maximum Gasteiger partial charge on any atom is 0.140 e. The van der Waals surface area contributed by atoms with E-state index in [1.54, 1.807) is 6.20 Å². The predicted molar refractivity (Wildman–Crippen MR) is 80.4 cm³/mol. The number of aryl methyl sites for hydroxylation is 1. The summed E-state index contributed by atoms with van der Waals surface area (Å²) in [4.78, 5) is 6.25. The summed E-state index contributed by atoms with van der Waals surface area (Å²) in [6.07, 6.45) is 4.07. The van der Waals surface area contributed by atoms with Crippen LogP contribution >= 0.6 is 0 Å². The minimum atomic E-state index is 0.220. The summed E-state index contributed by atoms with van der Waals surface area (Å²) in [5.74, 6) is 0.220. The van der Waals surface area contributed by atoms with Crippen LogP contribution in [0.15, 0.2) is 53.9 Å². The third-order valence-electron chi connectivity index (χ3n) is 3.07.